The van der Waals surface area contributed by atoms with E-state index in [1.807, 2.05) is 13.8 Å². The highest BCUT2D eigenvalue weighted by atomic mass is 16.5. The highest BCUT2D eigenvalue weighted by molar-refractivity contribution is 5.20. The Kier molecular flexibility index (Phi) is 3.10. The average molecular weight is 208 g/mol. The Morgan fingerprint density at radius 1 is 1.40 bits per heavy atom. The molecule has 1 N–H and O–H groups in total. The summed E-state index contributed by atoms with van der Waals surface area (Å²) in [6.45, 7) is 7.22. The quantitative estimate of drug-likeness (QED) is 0.829. The average Bonchev–Trinajstić information content (AvgIpc) is 2.73. The standard InChI is InChI=1S/C12H20N2O/c1-8-4-5-11(6-8)13-7-12-9(2)14-15-10(12)3/h8,11,13H,4-7H2,1-3H3. The van der Waals surface area contributed by atoms with Crippen molar-refractivity contribution in [3.63, 3.8) is 0 Å². The number of hydrogen-bond acceptors (Lipinski definition) is 3. The molecule has 1 aliphatic carbocycles. The zero-order valence-corrected chi connectivity index (χ0v) is 9.84. The van der Waals surface area contributed by atoms with Crippen LogP contribution < -0.4 is 5.32 Å². The highest BCUT2D eigenvalue weighted by Gasteiger charge is 2.21. The number of nitrogens with zero attached hydrogens (tertiary/aromatic N) is 1. The first-order valence-corrected chi connectivity index (χ1v) is 5.82. The van der Waals surface area contributed by atoms with Crippen LogP contribution in [-0.4, -0.2) is 11.2 Å². The Hall–Kier alpha value is -0.830. The van der Waals surface area contributed by atoms with Crippen LogP contribution in [0.3, 0.4) is 0 Å². The Labute approximate surface area is 91.2 Å². The monoisotopic (exact) mass is 208 g/mol. The summed E-state index contributed by atoms with van der Waals surface area (Å²) < 4.78 is 5.14. The van der Waals surface area contributed by atoms with Crippen LogP contribution in [0.2, 0.25) is 0 Å². The third-order valence-electron chi connectivity index (χ3n) is 3.44. The fourth-order valence-corrected chi connectivity index (χ4v) is 2.39. The molecule has 0 aromatic carbocycles. The summed E-state index contributed by atoms with van der Waals surface area (Å²) in [4.78, 5) is 0. The molecule has 0 radical (unpaired) electrons. The molecule has 3 heteroatoms. The van der Waals surface area contributed by atoms with Gasteiger partial charge in [-0.05, 0) is 39.0 Å². The molecule has 0 saturated heterocycles. The molecule has 1 aromatic heterocycles. The van der Waals surface area contributed by atoms with E-state index in [0.717, 1.165) is 23.9 Å². The fourth-order valence-electron chi connectivity index (χ4n) is 2.39. The molecular weight excluding hydrogens is 188 g/mol. The van der Waals surface area contributed by atoms with Crippen molar-refractivity contribution in [2.75, 3.05) is 0 Å². The van der Waals surface area contributed by atoms with Gasteiger partial charge in [0.25, 0.3) is 0 Å². The number of aromatic nitrogens is 1. The molecule has 1 aliphatic rings. The van der Waals surface area contributed by atoms with Crippen LogP contribution in [0.15, 0.2) is 4.52 Å². The minimum absolute atomic E-state index is 0.689. The largest absolute Gasteiger partial charge is 0.361 e. The molecule has 0 aliphatic heterocycles. The maximum absolute atomic E-state index is 5.14. The van der Waals surface area contributed by atoms with Gasteiger partial charge in [0.15, 0.2) is 0 Å². The summed E-state index contributed by atoms with van der Waals surface area (Å²) in [5, 5.41) is 7.56. The van der Waals surface area contributed by atoms with E-state index in [4.69, 9.17) is 4.52 Å². The third-order valence-corrected chi connectivity index (χ3v) is 3.44. The van der Waals surface area contributed by atoms with Gasteiger partial charge in [-0.2, -0.15) is 0 Å². The van der Waals surface area contributed by atoms with Gasteiger partial charge in [-0.3, -0.25) is 0 Å². The molecule has 1 heterocycles. The van der Waals surface area contributed by atoms with Crippen LogP contribution in [-0.2, 0) is 6.54 Å². The van der Waals surface area contributed by atoms with Gasteiger partial charge in [-0.1, -0.05) is 12.1 Å². The molecule has 15 heavy (non-hydrogen) atoms. The van der Waals surface area contributed by atoms with Gasteiger partial charge in [-0.25, -0.2) is 0 Å². The minimum Gasteiger partial charge on any atom is -0.361 e. The molecule has 0 spiro atoms. The number of aryl methyl sites for hydroxylation is 2. The van der Waals surface area contributed by atoms with E-state index >= 15 is 0 Å². The molecule has 0 amide bonds. The van der Waals surface area contributed by atoms with E-state index in [0.29, 0.717) is 6.04 Å². The first kappa shape index (κ1) is 10.7. The van der Waals surface area contributed by atoms with Crippen LogP contribution >= 0.6 is 0 Å². The minimum atomic E-state index is 0.689. The van der Waals surface area contributed by atoms with Gasteiger partial charge in [0.1, 0.15) is 5.76 Å². The maximum atomic E-state index is 5.14. The van der Waals surface area contributed by atoms with Crippen LogP contribution in [0.5, 0.6) is 0 Å². The molecule has 2 rings (SSSR count). The van der Waals surface area contributed by atoms with Crippen molar-refractivity contribution in [2.24, 2.45) is 5.92 Å². The van der Waals surface area contributed by atoms with E-state index in [2.05, 4.69) is 17.4 Å². The smallest absolute Gasteiger partial charge is 0.138 e. The van der Waals surface area contributed by atoms with Gasteiger partial charge in [0.05, 0.1) is 5.69 Å². The molecule has 2 unspecified atom stereocenters. The molecule has 1 aromatic rings. The molecule has 2 atom stereocenters. The molecule has 1 saturated carbocycles. The zero-order valence-electron chi connectivity index (χ0n) is 9.84. The lowest BCUT2D eigenvalue weighted by molar-refractivity contribution is 0.391. The maximum Gasteiger partial charge on any atom is 0.138 e. The van der Waals surface area contributed by atoms with Gasteiger partial charge in [0.2, 0.25) is 0 Å². The first-order valence-electron chi connectivity index (χ1n) is 5.82. The topological polar surface area (TPSA) is 38.1 Å². The normalized spacial score (nSPS) is 26.1. The van der Waals surface area contributed by atoms with Gasteiger partial charge < -0.3 is 9.84 Å². The molecule has 84 valence electrons. The molecule has 1 fully saturated rings. The molecular formula is C12H20N2O. The van der Waals surface area contributed by atoms with Crippen molar-refractivity contribution >= 4 is 0 Å². The van der Waals surface area contributed by atoms with Crippen molar-refractivity contribution in [1.82, 2.24) is 10.5 Å². The van der Waals surface area contributed by atoms with Gasteiger partial charge in [-0.15, -0.1) is 0 Å². The second-order valence-electron chi connectivity index (χ2n) is 4.80. The van der Waals surface area contributed by atoms with Crippen molar-refractivity contribution in [3.05, 3.63) is 17.0 Å². The lowest BCUT2D eigenvalue weighted by Crippen LogP contribution is -2.26. The molecule has 3 nitrogen and oxygen atoms in total. The van der Waals surface area contributed by atoms with Crippen LogP contribution in [0.25, 0.3) is 0 Å². The summed E-state index contributed by atoms with van der Waals surface area (Å²) >= 11 is 0. The second kappa shape index (κ2) is 4.35. The number of hydrogen-bond donors (Lipinski definition) is 1. The van der Waals surface area contributed by atoms with E-state index < -0.39 is 0 Å². The van der Waals surface area contributed by atoms with Crippen molar-refractivity contribution in [1.29, 1.82) is 0 Å². The Morgan fingerprint density at radius 2 is 2.20 bits per heavy atom. The predicted molar refractivity (Wildman–Crippen MR) is 59.6 cm³/mol. The fraction of sp³-hybridized carbons (Fsp3) is 0.750. The lowest BCUT2D eigenvalue weighted by Gasteiger charge is -2.11. The van der Waals surface area contributed by atoms with Crippen molar-refractivity contribution in [2.45, 2.75) is 52.6 Å². The first-order chi connectivity index (χ1) is 7.16. The van der Waals surface area contributed by atoms with Crippen LogP contribution in [0.4, 0.5) is 0 Å². The van der Waals surface area contributed by atoms with E-state index in [-0.39, 0.29) is 0 Å². The van der Waals surface area contributed by atoms with Gasteiger partial charge >= 0.3 is 0 Å². The number of rotatable bonds is 3. The van der Waals surface area contributed by atoms with E-state index in [1.54, 1.807) is 0 Å². The molecule has 0 bridgehead atoms. The van der Waals surface area contributed by atoms with E-state index in [9.17, 15) is 0 Å². The number of nitrogens with one attached hydrogen (secondary N) is 1. The van der Waals surface area contributed by atoms with E-state index in [1.165, 1.54) is 24.8 Å². The lowest BCUT2D eigenvalue weighted by atomic mass is 10.1. The summed E-state index contributed by atoms with van der Waals surface area (Å²) in [7, 11) is 0. The summed E-state index contributed by atoms with van der Waals surface area (Å²) in [5.74, 6) is 1.83. The summed E-state index contributed by atoms with van der Waals surface area (Å²) in [6.07, 6.45) is 3.98. The third kappa shape index (κ3) is 2.40. The zero-order chi connectivity index (χ0) is 10.8. The Bertz CT molecular complexity index is 313. The summed E-state index contributed by atoms with van der Waals surface area (Å²) in [6, 6.07) is 0.689. The van der Waals surface area contributed by atoms with Crippen molar-refractivity contribution in [3.8, 4) is 0 Å². The van der Waals surface area contributed by atoms with Gasteiger partial charge in [0, 0.05) is 18.2 Å². The van der Waals surface area contributed by atoms with Crippen LogP contribution in [0, 0.1) is 19.8 Å². The highest BCUT2D eigenvalue weighted by Crippen LogP contribution is 2.25. The Morgan fingerprint density at radius 3 is 2.73 bits per heavy atom. The second-order valence-corrected chi connectivity index (χ2v) is 4.80. The SMILES string of the molecule is Cc1noc(C)c1CNC1CCC(C)C1. The summed E-state index contributed by atoms with van der Waals surface area (Å²) in [5.41, 5.74) is 2.25. The van der Waals surface area contributed by atoms with Crippen molar-refractivity contribution < 1.29 is 4.52 Å². The predicted octanol–water partition coefficient (Wildman–Crippen LogP) is 2.57. The Balaban J connectivity index is 1.88. The van der Waals surface area contributed by atoms with Crippen LogP contribution in [0.1, 0.15) is 43.2 Å².